The van der Waals surface area contributed by atoms with Crippen LogP contribution < -0.4 is 10.6 Å². The summed E-state index contributed by atoms with van der Waals surface area (Å²) in [7, 11) is 0. The van der Waals surface area contributed by atoms with Gasteiger partial charge in [-0.2, -0.15) is 0 Å². The molecular weight excluding hydrogens is 316 g/mol. The fourth-order valence-corrected chi connectivity index (χ4v) is 3.49. The zero-order chi connectivity index (χ0) is 16.1. The molecule has 118 valence electrons. The third-order valence-electron chi connectivity index (χ3n) is 3.37. The number of hydrogen-bond donors (Lipinski definition) is 2. The van der Waals surface area contributed by atoms with Gasteiger partial charge in [0.05, 0.1) is 11.4 Å². The van der Waals surface area contributed by atoms with Crippen molar-refractivity contribution in [2.75, 3.05) is 0 Å². The summed E-state index contributed by atoms with van der Waals surface area (Å²) < 4.78 is 0. The second kappa shape index (κ2) is 7.56. The van der Waals surface area contributed by atoms with Gasteiger partial charge in [-0.05, 0) is 41.3 Å². The smallest absolute Gasteiger partial charge is 0.262 e. The van der Waals surface area contributed by atoms with Crippen LogP contribution in [0.5, 0.6) is 0 Å². The van der Waals surface area contributed by atoms with Crippen LogP contribution in [-0.2, 0) is 11.3 Å². The van der Waals surface area contributed by atoms with Crippen molar-refractivity contribution in [1.29, 1.82) is 0 Å². The Morgan fingerprint density at radius 2 is 1.95 bits per heavy atom. The maximum absolute atomic E-state index is 12.4. The molecule has 1 atom stereocenters. The van der Waals surface area contributed by atoms with E-state index in [-0.39, 0.29) is 17.7 Å². The average Bonchev–Trinajstić information content (AvgIpc) is 3.13. The van der Waals surface area contributed by atoms with Gasteiger partial charge in [0.15, 0.2) is 0 Å². The van der Waals surface area contributed by atoms with Crippen molar-refractivity contribution in [3.63, 3.8) is 0 Å². The zero-order valence-electron chi connectivity index (χ0n) is 12.9. The van der Waals surface area contributed by atoms with E-state index in [1.54, 1.807) is 17.4 Å². The molecule has 2 aromatic rings. The van der Waals surface area contributed by atoms with E-state index < -0.39 is 6.04 Å². The van der Waals surface area contributed by atoms with Gasteiger partial charge in [0.1, 0.15) is 6.04 Å². The van der Waals surface area contributed by atoms with Gasteiger partial charge >= 0.3 is 0 Å². The Morgan fingerprint density at radius 3 is 2.50 bits per heavy atom. The summed E-state index contributed by atoms with van der Waals surface area (Å²) in [6.45, 7) is 6.38. The van der Waals surface area contributed by atoms with E-state index in [0.717, 1.165) is 4.88 Å². The summed E-state index contributed by atoms with van der Waals surface area (Å²) in [5, 5.41) is 9.60. The van der Waals surface area contributed by atoms with Gasteiger partial charge in [-0.15, -0.1) is 22.7 Å². The molecule has 0 aromatic carbocycles. The summed E-state index contributed by atoms with van der Waals surface area (Å²) in [5.41, 5.74) is 1.18. The van der Waals surface area contributed by atoms with E-state index in [1.165, 1.54) is 16.9 Å². The summed E-state index contributed by atoms with van der Waals surface area (Å²) in [6, 6.07) is 5.08. The molecule has 2 heterocycles. The quantitative estimate of drug-likeness (QED) is 0.851. The SMILES string of the molecule is Cc1ccsc1CNC(=O)C(NC(=O)c1cccs1)C(C)C. The molecule has 2 N–H and O–H groups in total. The third kappa shape index (κ3) is 4.18. The fraction of sp³-hybridized carbons (Fsp3) is 0.375. The first-order valence-corrected chi connectivity index (χ1v) is 8.90. The van der Waals surface area contributed by atoms with Crippen LogP contribution in [-0.4, -0.2) is 17.9 Å². The van der Waals surface area contributed by atoms with Crippen LogP contribution in [0.25, 0.3) is 0 Å². The standard InChI is InChI=1S/C16H20N2O2S2/c1-10(2)14(18-15(19)12-5-4-7-21-12)16(20)17-9-13-11(3)6-8-22-13/h4-8,10,14H,9H2,1-3H3,(H,17,20)(H,18,19). The highest BCUT2D eigenvalue weighted by Gasteiger charge is 2.24. The topological polar surface area (TPSA) is 58.2 Å². The highest BCUT2D eigenvalue weighted by atomic mass is 32.1. The molecule has 0 saturated carbocycles. The first kappa shape index (κ1) is 16.7. The van der Waals surface area contributed by atoms with Gasteiger partial charge in [0, 0.05) is 4.88 Å². The summed E-state index contributed by atoms with van der Waals surface area (Å²) in [4.78, 5) is 26.3. The van der Waals surface area contributed by atoms with Crippen LogP contribution in [0, 0.1) is 12.8 Å². The van der Waals surface area contributed by atoms with Gasteiger partial charge < -0.3 is 10.6 Å². The van der Waals surface area contributed by atoms with E-state index in [4.69, 9.17) is 0 Å². The molecular formula is C16H20N2O2S2. The Bertz CT molecular complexity index is 632. The lowest BCUT2D eigenvalue weighted by molar-refractivity contribution is -0.124. The van der Waals surface area contributed by atoms with Crippen LogP contribution in [0.4, 0.5) is 0 Å². The molecule has 0 aliphatic rings. The van der Waals surface area contributed by atoms with E-state index in [1.807, 2.05) is 43.7 Å². The molecule has 1 unspecified atom stereocenters. The van der Waals surface area contributed by atoms with E-state index in [0.29, 0.717) is 11.4 Å². The molecule has 0 radical (unpaired) electrons. The van der Waals surface area contributed by atoms with Gasteiger partial charge in [-0.3, -0.25) is 9.59 Å². The summed E-state index contributed by atoms with van der Waals surface area (Å²) >= 11 is 2.99. The average molecular weight is 336 g/mol. The van der Waals surface area contributed by atoms with Crippen LogP contribution in [0.2, 0.25) is 0 Å². The maximum atomic E-state index is 12.4. The Hall–Kier alpha value is -1.66. The Balaban J connectivity index is 1.96. The van der Waals surface area contributed by atoms with Crippen molar-refractivity contribution in [3.05, 3.63) is 44.3 Å². The lowest BCUT2D eigenvalue weighted by atomic mass is 10.0. The van der Waals surface area contributed by atoms with Gasteiger partial charge in [-0.25, -0.2) is 0 Å². The number of carbonyl (C=O) groups excluding carboxylic acids is 2. The second-order valence-corrected chi connectivity index (χ2v) is 7.37. The van der Waals surface area contributed by atoms with Crippen molar-refractivity contribution in [1.82, 2.24) is 10.6 Å². The lowest BCUT2D eigenvalue weighted by Crippen LogP contribution is -2.49. The first-order valence-electron chi connectivity index (χ1n) is 7.14. The highest BCUT2D eigenvalue weighted by molar-refractivity contribution is 7.12. The predicted molar refractivity (Wildman–Crippen MR) is 91.3 cm³/mol. The number of aryl methyl sites for hydroxylation is 1. The predicted octanol–water partition coefficient (Wildman–Crippen LogP) is 3.19. The molecule has 0 aliphatic carbocycles. The van der Waals surface area contributed by atoms with E-state index in [2.05, 4.69) is 10.6 Å². The van der Waals surface area contributed by atoms with Crippen molar-refractivity contribution in [2.45, 2.75) is 33.4 Å². The number of rotatable bonds is 6. The molecule has 4 nitrogen and oxygen atoms in total. The lowest BCUT2D eigenvalue weighted by Gasteiger charge is -2.21. The van der Waals surface area contributed by atoms with Gasteiger partial charge in [0.2, 0.25) is 5.91 Å². The normalized spacial score (nSPS) is 12.2. The molecule has 0 spiro atoms. The first-order chi connectivity index (χ1) is 10.5. The molecule has 0 bridgehead atoms. The van der Waals surface area contributed by atoms with Crippen molar-refractivity contribution >= 4 is 34.5 Å². The maximum Gasteiger partial charge on any atom is 0.262 e. The van der Waals surface area contributed by atoms with Gasteiger partial charge in [0.25, 0.3) is 5.91 Å². The number of thiophene rings is 2. The minimum Gasteiger partial charge on any atom is -0.349 e. The molecule has 0 fully saturated rings. The van der Waals surface area contributed by atoms with Crippen LogP contribution in [0.15, 0.2) is 29.0 Å². The van der Waals surface area contributed by atoms with E-state index >= 15 is 0 Å². The van der Waals surface area contributed by atoms with Crippen LogP contribution in [0.3, 0.4) is 0 Å². The van der Waals surface area contributed by atoms with Crippen molar-refractivity contribution in [2.24, 2.45) is 5.92 Å². The number of hydrogen-bond acceptors (Lipinski definition) is 4. The van der Waals surface area contributed by atoms with E-state index in [9.17, 15) is 9.59 Å². The van der Waals surface area contributed by atoms with Crippen molar-refractivity contribution < 1.29 is 9.59 Å². The minimum absolute atomic E-state index is 0.0216. The molecule has 22 heavy (non-hydrogen) atoms. The Morgan fingerprint density at radius 1 is 1.18 bits per heavy atom. The summed E-state index contributed by atoms with van der Waals surface area (Å²) in [6.07, 6.45) is 0. The molecule has 0 aliphatic heterocycles. The molecule has 2 amide bonds. The second-order valence-electron chi connectivity index (χ2n) is 5.42. The third-order valence-corrected chi connectivity index (χ3v) is 5.26. The monoisotopic (exact) mass is 336 g/mol. The Labute approximate surface area is 138 Å². The highest BCUT2D eigenvalue weighted by Crippen LogP contribution is 2.15. The van der Waals surface area contributed by atoms with Crippen LogP contribution >= 0.6 is 22.7 Å². The molecule has 6 heteroatoms. The number of carbonyl (C=O) groups is 2. The molecule has 0 saturated heterocycles. The largest absolute Gasteiger partial charge is 0.349 e. The van der Waals surface area contributed by atoms with Crippen molar-refractivity contribution in [3.8, 4) is 0 Å². The molecule has 2 aromatic heterocycles. The van der Waals surface area contributed by atoms with Crippen LogP contribution in [0.1, 0.15) is 34.0 Å². The number of amides is 2. The summed E-state index contributed by atoms with van der Waals surface area (Å²) in [5.74, 6) is -0.322. The van der Waals surface area contributed by atoms with Gasteiger partial charge in [-0.1, -0.05) is 19.9 Å². The number of nitrogens with one attached hydrogen (secondary N) is 2. The minimum atomic E-state index is -0.533. The Kier molecular flexibility index (Phi) is 5.74. The molecule has 2 rings (SSSR count). The fourth-order valence-electron chi connectivity index (χ4n) is 2.02. The zero-order valence-corrected chi connectivity index (χ0v) is 14.5.